The second kappa shape index (κ2) is 8.26. The lowest BCUT2D eigenvalue weighted by molar-refractivity contribution is -0.143. The molecule has 1 saturated heterocycles. The van der Waals surface area contributed by atoms with Crippen LogP contribution in [0.25, 0.3) is 11.3 Å². The number of carbonyl (C=O) groups is 1. The summed E-state index contributed by atoms with van der Waals surface area (Å²) in [4.78, 5) is 17.3. The lowest BCUT2D eigenvalue weighted by Gasteiger charge is -2.43. The average Bonchev–Trinajstić information content (AvgIpc) is 3.09. The molecular weight excluding hydrogens is 338 g/mol. The Morgan fingerprint density at radius 3 is 2.70 bits per heavy atom. The van der Waals surface area contributed by atoms with Crippen LogP contribution in [0.3, 0.4) is 0 Å². The van der Waals surface area contributed by atoms with Crippen molar-refractivity contribution in [1.82, 2.24) is 15.0 Å². The van der Waals surface area contributed by atoms with Gasteiger partial charge >= 0.3 is 0 Å². The number of amides is 1. The molecule has 5 heteroatoms. The van der Waals surface area contributed by atoms with Crippen molar-refractivity contribution in [2.24, 2.45) is 11.3 Å². The summed E-state index contributed by atoms with van der Waals surface area (Å²) in [5.74, 6) is 1.56. The van der Waals surface area contributed by atoms with Gasteiger partial charge in [-0.1, -0.05) is 49.3 Å². The summed E-state index contributed by atoms with van der Waals surface area (Å²) in [6.07, 6.45) is 2.52. The SMILES string of the molecule is CC(C)CN1CCCC(Cc2cc(-c3ccccc3)no2)(C(=O)N(C)C)C1. The number of likely N-dealkylation sites (tertiary alicyclic amines) is 1. The largest absolute Gasteiger partial charge is 0.361 e. The number of carbonyl (C=O) groups excluding carboxylic acids is 1. The normalized spacial score (nSPS) is 20.8. The Labute approximate surface area is 162 Å². The van der Waals surface area contributed by atoms with Crippen LogP contribution in [0.5, 0.6) is 0 Å². The lowest BCUT2D eigenvalue weighted by atomic mass is 9.75. The van der Waals surface area contributed by atoms with Crippen molar-refractivity contribution in [3.05, 3.63) is 42.2 Å². The third-order valence-electron chi connectivity index (χ3n) is 5.28. The number of rotatable bonds is 6. The van der Waals surface area contributed by atoms with Crippen LogP contribution in [0.2, 0.25) is 0 Å². The van der Waals surface area contributed by atoms with Crippen molar-refractivity contribution in [2.75, 3.05) is 33.7 Å². The average molecular weight is 370 g/mol. The first kappa shape index (κ1) is 19.6. The Bertz CT molecular complexity index is 754. The molecule has 1 fully saturated rings. The molecule has 0 spiro atoms. The zero-order valence-corrected chi connectivity index (χ0v) is 16.9. The molecule has 0 radical (unpaired) electrons. The summed E-state index contributed by atoms with van der Waals surface area (Å²) in [6.45, 7) is 7.32. The predicted octanol–water partition coefficient (Wildman–Crippen LogP) is 3.71. The molecule has 0 saturated carbocycles. The smallest absolute Gasteiger partial charge is 0.230 e. The van der Waals surface area contributed by atoms with Gasteiger partial charge < -0.3 is 14.3 Å². The Hall–Kier alpha value is -2.14. The van der Waals surface area contributed by atoms with E-state index in [2.05, 4.69) is 23.9 Å². The van der Waals surface area contributed by atoms with Crippen LogP contribution in [0, 0.1) is 11.3 Å². The Morgan fingerprint density at radius 1 is 1.30 bits per heavy atom. The summed E-state index contributed by atoms with van der Waals surface area (Å²) >= 11 is 0. The maximum Gasteiger partial charge on any atom is 0.230 e. The maximum atomic E-state index is 13.2. The van der Waals surface area contributed by atoms with Crippen molar-refractivity contribution in [2.45, 2.75) is 33.1 Å². The van der Waals surface area contributed by atoms with Crippen LogP contribution in [0.15, 0.2) is 40.9 Å². The number of benzene rings is 1. The van der Waals surface area contributed by atoms with E-state index in [1.54, 1.807) is 4.90 Å². The molecular formula is C22H31N3O2. The van der Waals surface area contributed by atoms with Crippen LogP contribution in [-0.2, 0) is 11.2 Å². The molecule has 1 aliphatic heterocycles. The van der Waals surface area contributed by atoms with Gasteiger partial charge in [0.2, 0.25) is 5.91 Å². The van der Waals surface area contributed by atoms with Gasteiger partial charge in [-0.05, 0) is 25.3 Å². The summed E-state index contributed by atoms with van der Waals surface area (Å²) in [6, 6.07) is 12.0. The van der Waals surface area contributed by atoms with Gasteiger partial charge in [0.1, 0.15) is 11.5 Å². The molecule has 1 aromatic carbocycles. The minimum absolute atomic E-state index is 0.189. The first-order chi connectivity index (χ1) is 12.9. The third-order valence-corrected chi connectivity index (χ3v) is 5.28. The minimum Gasteiger partial charge on any atom is -0.361 e. The van der Waals surface area contributed by atoms with E-state index in [1.807, 2.05) is 50.5 Å². The molecule has 0 bridgehead atoms. The number of hydrogen-bond acceptors (Lipinski definition) is 4. The highest BCUT2D eigenvalue weighted by Crippen LogP contribution is 2.36. The van der Waals surface area contributed by atoms with Crippen LogP contribution in [0.4, 0.5) is 0 Å². The third kappa shape index (κ3) is 4.59. The van der Waals surface area contributed by atoms with Crippen molar-refractivity contribution >= 4 is 5.91 Å². The van der Waals surface area contributed by atoms with Gasteiger partial charge in [-0.3, -0.25) is 4.79 Å². The van der Waals surface area contributed by atoms with Crippen molar-refractivity contribution in [1.29, 1.82) is 0 Å². The van der Waals surface area contributed by atoms with Gasteiger partial charge in [0.15, 0.2) is 0 Å². The molecule has 1 aliphatic rings. The fourth-order valence-electron chi connectivity index (χ4n) is 4.24. The molecule has 5 nitrogen and oxygen atoms in total. The molecule has 146 valence electrons. The minimum atomic E-state index is -0.440. The van der Waals surface area contributed by atoms with Crippen molar-refractivity contribution in [3.8, 4) is 11.3 Å². The van der Waals surface area contributed by atoms with E-state index in [-0.39, 0.29) is 5.91 Å². The molecule has 1 unspecified atom stereocenters. The van der Waals surface area contributed by atoms with Crippen LogP contribution in [0.1, 0.15) is 32.4 Å². The summed E-state index contributed by atoms with van der Waals surface area (Å²) in [7, 11) is 3.70. The first-order valence-electron chi connectivity index (χ1n) is 9.85. The van der Waals surface area contributed by atoms with Gasteiger partial charge in [0.05, 0.1) is 5.41 Å². The summed E-state index contributed by atoms with van der Waals surface area (Å²) < 4.78 is 5.65. The summed E-state index contributed by atoms with van der Waals surface area (Å²) in [5.41, 5.74) is 1.42. The highest BCUT2D eigenvalue weighted by Gasteiger charge is 2.44. The topological polar surface area (TPSA) is 49.6 Å². The van der Waals surface area contributed by atoms with Crippen LogP contribution < -0.4 is 0 Å². The molecule has 1 aromatic heterocycles. The molecule has 0 N–H and O–H groups in total. The number of nitrogens with zero attached hydrogens (tertiary/aromatic N) is 3. The van der Waals surface area contributed by atoms with Crippen LogP contribution >= 0.6 is 0 Å². The molecule has 3 rings (SSSR count). The van der Waals surface area contributed by atoms with Gasteiger partial charge in [0, 0.05) is 45.2 Å². The molecule has 1 atom stereocenters. The van der Waals surface area contributed by atoms with E-state index < -0.39 is 5.41 Å². The zero-order valence-electron chi connectivity index (χ0n) is 16.9. The lowest BCUT2D eigenvalue weighted by Crippen LogP contribution is -2.53. The van der Waals surface area contributed by atoms with E-state index in [1.165, 1.54) is 0 Å². The molecule has 2 heterocycles. The maximum absolute atomic E-state index is 13.2. The second-order valence-electron chi connectivity index (χ2n) is 8.43. The van der Waals surface area contributed by atoms with Gasteiger partial charge in [-0.25, -0.2) is 0 Å². The van der Waals surface area contributed by atoms with Gasteiger partial charge in [-0.15, -0.1) is 0 Å². The predicted molar refractivity (Wildman–Crippen MR) is 107 cm³/mol. The first-order valence-corrected chi connectivity index (χ1v) is 9.85. The Morgan fingerprint density at radius 2 is 2.04 bits per heavy atom. The Kier molecular flexibility index (Phi) is 6.00. The molecule has 2 aromatic rings. The summed E-state index contributed by atoms with van der Waals surface area (Å²) in [5, 5.41) is 4.24. The molecule has 1 amide bonds. The zero-order chi connectivity index (χ0) is 19.4. The van der Waals surface area contributed by atoms with Crippen LogP contribution in [-0.4, -0.2) is 54.6 Å². The van der Waals surface area contributed by atoms with Crippen molar-refractivity contribution in [3.63, 3.8) is 0 Å². The van der Waals surface area contributed by atoms with Crippen molar-refractivity contribution < 1.29 is 9.32 Å². The van der Waals surface area contributed by atoms with E-state index in [0.717, 1.165) is 49.5 Å². The van der Waals surface area contributed by atoms with Gasteiger partial charge in [0.25, 0.3) is 0 Å². The fourth-order valence-corrected chi connectivity index (χ4v) is 4.24. The standard InChI is InChI=1S/C22H31N3O2/c1-17(2)15-25-12-8-11-22(16-25,21(26)24(3)4)14-19-13-20(23-27-19)18-9-6-5-7-10-18/h5-7,9-10,13,17H,8,11-12,14-16H2,1-4H3. The second-order valence-corrected chi connectivity index (χ2v) is 8.43. The number of hydrogen-bond donors (Lipinski definition) is 0. The fraction of sp³-hybridized carbons (Fsp3) is 0.545. The number of piperidine rings is 1. The monoisotopic (exact) mass is 369 g/mol. The Balaban J connectivity index is 1.84. The highest BCUT2D eigenvalue weighted by atomic mass is 16.5. The van der Waals surface area contributed by atoms with E-state index >= 15 is 0 Å². The number of aromatic nitrogens is 1. The van der Waals surface area contributed by atoms with E-state index in [0.29, 0.717) is 12.3 Å². The highest BCUT2D eigenvalue weighted by molar-refractivity contribution is 5.83. The van der Waals surface area contributed by atoms with E-state index in [9.17, 15) is 4.79 Å². The quantitative estimate of drug-likeness (QED) is 0.779. The van der Waals surface area contributed by atoms with E-state index in [4.69, 9.17) is 4.52 Å². The molecule has 27 heavy (non-hydrogen) atoms. The molecule has 0 aliphatic carbocycles. The van der Waals surface area contributed by atoms with Gasteiger partial charge in [-0.2, -0.15) is 0 Å².